The number of rotatable bonds is 4. The number of halogens is 2. The van der Waals surface area contributed by atoms with Gasteiger partial charge in [0.15, 0.2) is 15.0 Å². The smallest absolute Gasteiger partial charge is 0.248 e. The van der Waals surface area contributed by atoms with Crippen molar-refractivity contribution in [3.05, 3.63) is 64.4 Å². The Morgan fingerprint density at radius 1 is 1.21 bits per heavy atom. The van der Waals surface area contributed by atoms with E-state index in [-0.39, 0.29) is 34.8 Å². The second-order valence-corrected chi connectivity index (χ2v) is 11.3. The molecule has 29 heavy (non-hydrogen) atoms. The predicted octanol–water partition coefficient (Wildman–Crippen LogP) is 3.82. The molecule has 0 aromatic heterocycles. The van der Waals surface area contributed by atoms with Crippen molar-refractivity contribution in [3.63, 3.8) is 0 Å². The van der Waals surface area contributed by atoms with Crippen LogP contribution in [0.25, 0.3) is 0 Å². The molecule has 9 heteroatoms. The number of nitrogens with zero attached hydrogens (tertiary/aromatic N) is 2. The maximum atomic E-state index is 14.7. The van der Waals surface area contributed by atoms with Crippen molar-refractivity contribution < 1.29 is 17.6 Å². The van der Waals surface area contributed by atoms with Crippen molar-refractivity contribution in [2.24, 2.45) is 4.99 Å². The number of hydrogen-bond donors (Lipinski definition) is 0. The summed E-state index contributed by atoms with van der Waals surface area (Å²) in [6.07, 6.45) is 0.799. The first kappa shape index (κ1) is 20.6. The van der Waals surface area contributed by atoms with E-state index in [2.05, 4.69) is 20.9 Å². The van der Waals surface area contributed by atoms with E-state index >= 15 is 0 Å². The van der Waals surface area contributed by atoms with Gasteiger partial charge >= 0.3 is 0 Å². The molecule has 2 aromatic carbocycles. The number of aliphatic imine (C=N–C) groups is 1. The molecule has 0 N–H and O–H groups in total. The summed E-state index contributed by atoms with van der Waals surface area (Å²) < 4.78 is 39.4. The molecule has 0 spiro atoms. The van der Waals surface area contributed by atoms with E-state index in [1.807, 2.05) is 30.3 Å². The molecule has 2 heterocycles. The van der Waals surface area contributed by atoms with E-state index in [0.717, 1.165) is 5.56 Å². The molecule has 0 bridgehead atoms. The Hall–Kier alpha value is -1.71. The lowest BCUT2D eigenvalue weighted by Crippen LogP contribution is -2.38. The van der Waals surface area contributed by atoms with Crippen molar-refractivity contribution >= 4 is 54.3 Å². The summed E-state index contributed by atoms with van der Waals surface area (Å²) in [5.74, 6) is -0.859. The first-order valence-corrected chi connectivity index (χ1v) is 12.6. The number of amidine groups is 1. The zero-order valence-electron chi connectivity index (χ0n) is 15.3. The van der Waals surface area contributed by atoms with Crippen LogP contribution in [0, 0.1) is 5.82 Å². The van der Waals surface area contributed by atoms with Crippen LogP contribution in [0.3, 0.4) is 0 Å². The first-order chi connectivity index (χ1) is 13.8. The summed E-state index contributed by atoms with van der Waals surface area (Å²) in [5.41, 5.74) is 1.28. The average Bonchev–Trinajstić information content (AvgIpc) is 3.12. The minimum absolute atomic E-state index is 0.00814. The Labute approximate surface area is 181 Å². The number of sulfone groups is 1. The third-order valence-corrected chi connectivity index (χ3v) is 8.63. The van der Waals surface area contributed by atoms with Crippen LogP contribution in [-0.2, 0) is 21.1 Å². The fourth-order valence-corrected chi connectivity index (χ4v) is 7.84. The fraction of sp³-hybridized carbons (Fsp3) is 0.300. The SMILES string of the molecule is O=C(CCc1ccccc1)N=C1S[C@@H]2CS(=O)(=O)C[C@H]2N1c1ccc(Br)cc1F. The molecule has 0 unspecified atom stereocenters. The molecule has 2 aromatic rings. The van der Waals surface area contributed by atoms with Gasteiger partial charge in [0.05, 0.1) is 23.2 Å². The summed E-state index contributed by atoms with van der Waals surface area (Å²) in [6.45, 7) is 0. The van der Waals surface area contributed by atoms with E-state index in [4.69, 9.17) is 0 Å². The van der Waals surface area contributed by atoms with Crippen LogP contribution in [0.2, 0.25) is 0 Å². The van der Waals surface area contributed by atoms with Crippen molar-refractivity contribution in [2.45, 2.75) is 24.1 Å². The summed E-state index contributed by atoms with van der Waals surface area (Å²) >= 11 is 4.48. The number of aryl methyl sites for hydroxylation is 1. The molecule has 2 aliphatic rings. The highest BCUT2D eigenvalue weighted by molar-refractivity contribution is 9.10. The van der Waals surface area contributed by atoms with Gasteiger partial charge in [-0.25, -0.2) is 12.8 Å². The molecule has 2 fully saturated rings. The lowest BCUT2D eigenvalue weighted by molar-refractivity contribution is -0.117. The molecule has 2 atom stereocenters. The third-order valence-electron chi connectivity index (χ3n) is 4.93. The van der Waals surface area contributed by atoms with Crippen LogP contribution in [0.5, 0.6) is 0 Å². The van der Waals surface area contributed by atoms with Crippen molar-refractivity contribution in [1.29, 1.82) is 0 Å². The highest BCUT2D eigenvalue weighted by Gasteiger charge is 2.49. The van der Waals surface area contributed by atoms with Crippen LogP contribution in [0.15, 0.2) is 58.0 Å². The van der Waals surface area contributed by atoms with Gasteiger partial charge in [0, 0.05) is 16.1 Å². The van der Waals surface area contributed by atoms with E-state index in [1.165, 1.54) is 17.8 Å². The molecule has 0 saturated carbocycles. The average molecular weight is 497 g/mol. The largest absolute Gasteiger partial charge is 0.313 e. The molecule has 152 valence electrons. The Morgan fingerprint density at radius 3 is 2.69 bits per heavy atom. The van der Waals surface area contributed by atoms with Gasteiger partial charge in [-0.2, -0.15) is 4.99 Å². The second kappa shape index (κ2) is 8.20. The number of amides is 1. The maximum Gasteiger partial charge on any atom is 0.248 e. The van der Waals surface area contributed by atoms with Crippen LogP contribution >= 0.6 is 27.7 Å². The number of anilines is 1. The molecule has 0 aliphatic carbocycles. The minimum Gasteiger partial charge on any atom is -0.313 e. The predicted molar refractivity (Wildman–Crippen MR) is 118 cm³/mol. The fourth-order valence-electron chi connectivity index (χ4n) is 3.58. The van der Waals surface area contributed by atoms with E-state index in [0.29, 0.717) is 16.1 Å². The zero-order chi connectivity index (χ0) is 20.6. The molecule has 2 aliphatic heterocycles. The summed E-state index contributed by atoms with van der Waals surface area (Å²) in [4.78, 5) is 18.3. The summed E-state index contributed by atoms with van der Waals surface area (Å²) in [6, 6.07) is 13.8. The zero-order valence-corrected chi connectivity index (χ0v) is 18.5. The second-order valence-electron chi connectivity index (χ2n) is 7.04. The number of thioether (sulfide) groups is 1. The Balaban J connectivity index is 1.60. The molecule has 0 radical (unpaired) electrons. The van der Waals surface area contributed by atoms with E-state index < -0.39 is 21.7 Å². The highest BCUT2D eigenvalue weighted by atomic mass is 79.9. The molecular weight excluding hydrogens is 479 g/mol. The summed E-state index contributed by atoms with van der Waals surface area (Å²) in [5, 5.41) is 0.109. The lowest BCUT2D eigenvalue weighted by atomic mass is 10.1. The standard InChI is InChI=1S/C20H18BrFN2O3S2/c21-14-7-8-16(15(22)10-14)24-17-11-29(26,27)12-18(17)28-20(24)23-19(25)9-6-13-4-2-1-3-5-13/h1-5,7-8,10,17-18H,6,9,11-12H2/t17-,18-/m1/s1. The van der Waals surface area contributed by atoms with Gasteiger partial charge in [0.25, 0.3) is 0 Å². The van der Waals surface area contributed by atoms with E-state index in [1.54, 1.807) is 17.0 Å². The van der Waals surface area contributed by atoms with Crippen LogP contribution < -0.4 is 4.90 Å². The van der Waals surface area contributed by atoms with E-state index in [9.17, 15) is 17.6 Å². The number of fused-ring (bicyclic) bond motifs is 1. The van der Waals surface area contributed by atoms with Crippen LogP contribution in [0.4, 0.5) is 10.1 Å². The van der Waals surface area contributed by atoms with Crippen LogP contribution in [0.1, 0.15) is 12.0 Å². The Bertz CT molecular complexity index is 1080. The molecule has 4 rings (SSSR count). The molecule has 2 saturated heterocycles. The Morgan fingerprint density at radius 2 is 1.97 bits per heavy atom. The normalized spacial score (nSPS) is 24.1. The third kappa shape index (κ3) is 4.57. The van der Waals surface area contributed by atoms with Gasteiger partial charge in [-0.15, -0.1) is 0 Å². The van der Waals surface area contributed by atoms with Gasteiger partial charge in [-0.1, -0.05) is 58.0 Å². The topological polar surface area (TPSA) is 66.8 Å². The molecule has 5 nitrogen and oxygen atoms in total. The van der Waals surface area contributed by atoms with Crippen LogP contribution in [-0.4, -0.2) is 42.3 Å². The summed E-state index contributed by atoms with van der Waals surface area (Å²) in [7, 11) is -3.20. The maximum absolute atomic E-state index is 14.7. The first-order valence-electron chi connectivity index (χ1n) is 9.09. The van der Waals surface area contributed by atoms with Crippen molar-refractivity contribution in [1.82, 2.24) is 0 Å². The number of carbonyl (C=O) groups excluding carboxylic acids is 1. The lowest BCUT2D eigenvalue weighted by Gasteiger charge is -2.25. The number of benzene rings is 2. The number of carbonyl (C=O) groups is 1. The van der Waals surface area contributed by atoms with Gasteiger partial charge in [-0.05, 0) is 30.2 Å². The monoisotopic (exact) mass is 496 g/mol. The van der Waals surface area contributed by atoms with Gasteiger partial charge in [-0.3, -0.25) is 4.79 Å². The number of hydrogen-bond acceptors (Lipinski definition) is 4. The van der Waals surface area contributed by atoms with Gasteiger partial charge in [0.1, 0.15) is 5.82 Å². The van der Waals surface area contributed by atoms with Gasteiger partial charge < -0.3 is 4.90 Å². The molecule has 1 amide bonds. The quantitative estimate of drug-likeness (QED) is 0.643. The van der Waals surface area contributed by atoms with Gasteiger partial charge in [0.2, 0.25) is 5.91 Å². The van der Waals surface area contributed by atoms with Crippen molar-refractivity contribution in [2.75, 3.05) is 16.4 Å². The highest BCUT2D eigenvalue weighted by Crippen LogP contribution is 2.42. The van der Waals surface area contributed by atoms with Crippen molar-refractivity contribution in [3.8, 4) is 0 Å². The Kier molecular flexibility index (Phi) is 5.81. The minimum atomic E-state index is -3.20. The molecular formula is C20H18BrFN2O3S2.